The van der Waals surface area contributed by atoms with Gasteiger partial charge in [-0.2, -0.15) is 5.26 Å². The van der Waals surface area contributed by atoms with Crippen molar-refractivity contribution in [3.8, 4) is 11.8 Å². The van der Waals surface area contributed by atoms with Crippen LogP contribution in [0.4, 0.5) is 4.39 Å². The lowest BCUT2D eigenvalue weighted by atomic mass is 10.0. The van der Waals surface area contributed by atoms with E-state index in [1.54, 1.807) is 36.4 Å². The highest BCUT2D eigenvalue weighted by molar-refractivity contribution is 9.10. The zero-order valence-corrected chi connectivity index (χ0v) is 15.1. The van der Waals surface area contributed by atoms with Crippen molar-refractivity contribution in [3.63, 3.8) is 0 Å². The van der Waals surface area contributed by atoms with E-state index in [4.69, 9.17) is 15.7 Å². The number of carbonyl (C=O) groups is 1. The SMILES string of the molecule is CCOc1cc(/C=C(\C#N)C(N)=O)cc(Br)c1Cc1ccccc1F. The zero-order valence-electron chi connectivity index (χ0n) is 13.6. The standard InChI is InChI=1S/C19H16BrFN2O2/c1-2-25-18-9-12(7-14(11-22)19(23)24)8-16(20)15(18)10-13-5-3-4-6-17(13)21/h3-9H,2,10H2,1H3,(H2,23,24)/b14-7+. The minimum absolute atomic E-state index is 0.156. The Bertz CT molecular complexity index is 872. The average Bonchev–Trinajstić information content (AvgIpc) is 2.57. The summed E-state index contributed by atoms with van der Waals surface area (Å²) in [7, 11) is 0. The second kappa shape index (κ2) is 8.45. The van der Waals surface area contributed by atoms with Crippen molar-refractivity contribution in [2.24, 2.45) is 5.73 Å². The Hall–Kier alpha value is -2.65. The highest BCUT2D eigenvalue weighted by Crippen LogP contribution is 2.32. The minimum Gasteiger partial charge on any atom is -0.494 e. The van der Waals surface area contributed by atoms with E-state index in [-0.39, 0.29) is 11.4 Å². The van der Waals surface area contributed by atoms with Crippen LogP contribution in [-0.4, -0.2) is 12.5 Å². The molecular formula is C19H16BrFN2O2. The molecule has 1 amide bonds. The number of benzene rings is 2. The lowest BCUT2D eigenvalue weighted by molar-refractivity contribution is -0.114. The predicted octanol–water partition coefficient (Wildman–Crippen LogP) is 3.97. The van der Waals surface area contributed by atoms with Crippen LogP contribution in [0.2, 0.25) is 0 Å². The molecule has 0 aliphatic carbocycles. The van der Waals surface area contributed by atoms with Crippen LogP contribution in [0, 0.1) is 17.1 Å². The molecule has 0 aliphatic heterocycles. The highest BCUT2D eigenvalue weighted by Gasteiger charge is 2.14. The van der Waals surface area contributed by atoms with Gasteiger partial charge in [-0.3, -0.25) is 4.79 Å². The molecule has 4 nitrogen and oxygen atoms in total. The maximum absolute atomic E-state index is 14.0. The Labute approximate surface area is 153 Å². The fourth-order valence-corrected chi connectivity index (χ4v) is 2.93. The molecule has 128 valence electrons. The fraction of sp³-hybridized carbons (Fsp3) is 0.158. The van der Waals surface area contributed by atoms with Gasteiger partial charge >= 0.3 is 0 Å². The van der Waals surface area contributed by atoms with Gasteiger partial charge in [-0.05, 0) is 42.3 Å². The Morgan fingerprint density at radius 3 is 2.72 bits per heavy atom. The highest BCUT2D eigenvalue weighted by atomic mass is 79.9. The van der Waals surface area contributed by atoms with Crippen molar-refractivity contribution in [3.05, 3.63) is 69.0 Å². The van der Waals surface area contributed by atoms with Crippen molar-refractivity contribution in [1.82, 2.24) is 0 Å². The maximum atomic E-state index is 14.0. The summed E-state index contributed by atoms with van der Waals surface area (Å²) in [5.74, 6) is -0.540. The first-order chi connectivity index (χ1) is 12.0. The van der Waals surface area contributed by atoms with E-state index in [9.17, 15) is 9.18 Å². The van der Waals surface area contributed by atoms with E-state index >= 15 is 0 Å². The number of primary amides is 1. The van der Waals surface area contributed by atoms with Gasteiger partial charge in [0.1, 0.15) is 23.2 Å². The third-order valence-electron chi connectivity index (χ3n) is 3.50. The summed E-state index contributed by atoms with van der Waals surface area (Å²) < 4.78 is 20.3. The molecule has 25 heavy (non-hydrogen) atoms. The largest absolute Gasteiger partial charge is 0.494 e. The van der Waals surface area contributed by atoms with Crippen LogP contribution in [0.3, 0.4) is 0 Å². The first kappa shape index (κ1) is 18.7. The van der Waals surface area contributed by atoms with Gasteiger partial charge in [0, 0.05) is 16.5 Å². The van der Waals surface area contributed by atoms with Crippen LogP contribution in [0.1, 0.15) is 23.6 Å². The van der Waals surface area contributed by atoms with E-state index < -0.39 is 5.91 Å². The fourth-order valence-electron chi connectivity index (χ4n) is 2.33. The Morgan fingerprint density at radius 2 is 2.12 bits per heavy atom. The first-order valence-electron chi connectivity index (χ1n) is 7.56. The molecule has 6 heteroatoms. The number of nitrogens with two attached hydrogens (primary N) is 1. The van der Waals surface area contributed by atoms with Crippen LogP contribution in [0.25, 0.3) is 6.08 Å². The number of rotatable bonds is 6. The molecule has 0 unspecified atom stereocenters. The second-order valence-electron chi connectivity index (χ2n) is 5.21. The van der Waals surface area contributed by atoms with Gasteiger partial charge in [0.15, 0.2) is 0 Å². The van der Waals surface area contributed by atoms with Gasteiger partial charge in [0.2, 0.25) is 0 Å². The van der Waals surface area contributed by atoms with Gasteiger partial charge in [0.25, 0.3) is 5.91 Å². The maximum Gasteiger partial charge on any atom is 0.259 e. The molecule has 0 saturated carbocycles. The summed E-state index contributed by atoms with van der Waals surface area (Å²) in [5.41, 5.74) is 6.92. The van der Waals surface area contributed by atoms with Crippen molar-refractivity contribution >= 4 is 27.9 Å². The summed E-state index contributed by atoms with van der Waals surface area (Å²) in [4.78, 5) is 11.2. The molecule has 2 rings (SSSR count). The number of nitriles is 1. The lowest BCUT2D eigenvalue weighted by Gasteiger charge is -2.14. The number of halogens is 2. The summed E-state index contributed by atoms with van der Waals surface area (Å²) in [6.45, 7) is 2.26. The Balaban J connectivity index is 2.50. The Morgan fingerprint density at radius 1 is 1.40 bits per heavy atom. The summed E-state index contributed by atoms with van der Waals surface area (Å²) in [6, 6.07) is 11.7. The zero-order chi connectivity index (χ0) is 18.4. The summed E-state index contributed by atoms with van der Waals surface area (Å²) in [5, 5.41) is 8.98. The molecule has 0 atom stereocenters. The smallest absolute Gasteiger partial charge is 0.259 e. The molecule has 0 radical (unpaired) electrons. The second-order valence-corrected chi connectivity index (χ2v) is 6.07. The molecule has 2 N–H and O–H groups in total. The van der Waals surface area contributed by atoms with Gasteiger partial charge in [-0.15, -0.1) is 0 Å². The van der Waals surface area contributed by atoms with Crippen LogP contribution < -0.4 is 10.5 Å². The summed E-state index contributed by atoms with van der Waals surface area (Å²) in [6.07, 6.45) is 1.73. The minimum atomic E-state index is -0.799. The summed E-state index contributed by atoms with van der Waals surface area (Å²) >= 11 is 3.47. The molecule has 0 spiro atoms. The van der Waals surface area contributed by atoms with Crippen molar-refractivity contribution in [2.75, 3.05) is 6.61 Å². The molecule has 0 aromatic heterocycles. The monoisotopic (exact) mass is 402 g/mol. The molecule has 2 aromatic carbocycles. The predicted molar refractivity (Wildman–Crippen MR) is 97.3 cm³/mol. The molecule has 0 saturated heterocycles. The van der Waals surface area contributed by atoms with Crippen LogP contribution >= 0.6 is 15.9 Å². The van der Waals surface area contributed by atoms with Crippen molar-refractivity contribution < 1.29 is 13.9 Å². The van der Waals surface area contributed by atoms with Crippen LogP contribution in [0.15, 0.2) is 46.4 Å². The van der Waals surface area contributed by atoms with Gasteiger partial charge in [-0.1, -0.05) is 34.1 Å². The number of hydrogen-bond donors (Lipinski definition) is 1. The average molecular weight is 403 g/mol. The van der Waals surface area contributed by atoms with E-state index in [2.05, 4.69) is 15.9 Å². The molecule has 0 fully saturated rings. The third-order valence-corrected chi connectivity index (χ3v) is 4.21. The molecule has 0 bridgehead atoms. The van der Waals surface area contributed by atoms with Gasteiger partial charge in [0.05, 0.1) is 6.61 Å². The number of hydrogen-bond acceptors (Lipinski definition) is 3. The Kier molecular flexibility index (Phi) is 6.31. The third kappa shape index (κ3) is 4.68. The number of carbonyl (C=O) groups excluding carboxylic acids is 1. The molecule has 2 aromatic rings. The van der Waals surface area contributed by atoms with Crippen LogP contribution in [0.5, 0.6) is 5.75 Å². The normalized spacial score (nSPS) is 11.0. The van der Waals surface area contributed by atoms with Crippen LogP contribution in [-0.2, 0) is 11.2 Å². The topological polar surface area (TPSA) is 76.1 Å². The van der Waals surface area contributed by atoms with Gasteiger partial charge < -0.3 is 10.5 Å². The van der Waals surface area contributed by atoms with E-state index in [0.717, 1.165) is 5.56 Å². The van der Waals surface area contributed by atoms with E-state index in [1.165, 1.54) is 12.1 Å². The molecule has 0 aliphatic rings. The van der Waals surface area contributed by atoms with E-state index in [1.807, 2.05) is 6.92 Å². The van der Waals surface area contributed by atoms with Crippen molar-refractivity contribution in [2.45, 2.75) is 13.3 Å². The van der Waals surface area contributed by atoms with E-state index in [0.29, 0.717) is 34.4 Å². The molecule has 0 heterocycles. The number of ether oxygens (including phenoxy) is 1. The number of nitrogens with zero attached hydrogens (tertiary/aromatic N) is 1. The lowest BCUT2D eigenvalue weighted by Crippen LogP contribution is -2.12. The quantitative estimate of drug-likeness (QED) is 0.586. The van der Waals surface area contributed by atoms with Crippen molar-refractivity contribution in [1.29, 1.82) is 5.26 Å². The number of amides is 1. The molecular weight excluding hydrogens is 387 g/mol. The first-order valence-corrected chi connectivity index (χ1v) is 8.35. The van der Waals surface area contributed by atoms with Gasteiger partial charge in [-0.25, -0.2) is 4.39 Å².